The maximum atomic E-state index is 5.63. The van der Waals surface area contributed by atoms with Crippen LogP contribution in [-0.2, 0) is 6.54 Å². The number of rotatable bonds is 5. The van der Waals surface area contributed by atoms with E-state index in [0.717, 1.165) is 25.3 Å². The van der Waals surface area contributed by atoms with Crippen molar-refractivity contribution in [3.8, 4) is 0 Å². The minimum Gasteiger partial charge on any atom is -0.273 e. The van der Waals surface area contributed by atoms with E-state index in [0.29, 0.717) is 5.92 Å². The summed E-state index contributed by atoms with van der Waals surface area (Å²) in [5.74, 6) is 1.46. The van der Waals surface area contributed by atoms with Crippen LogP contribution in [0, 0.1) is 5.92 Å². The quantitative estimate of drug-likeness (QED) is 0.647. The molecule has 12 heavy (non-hydrogen) atoms. The number of alkyl halides is 1. The van der Waals surface area contributed by atoms with Gasteiger partial charge in [-0.1, -0.05) is 6.92 Å². The van der Waals surface area contributed by atoms with E-state index >= 15 is 0 Å². The van der Waals surface area contributed by atoms with Crippen molar-refractivity contribution in [1.82, 2.24) is 9.78 Å². The lowest BCUT2D eigenvalue weighted by atomic mass is 10.1. The third-order valence-electron chi connectivity index (χ3n) is 2.01. The molecule has 0 spiro atoms. The fourth-order valence-electron chi connectivity index (χ4n) is 1.12. The second-order valence-corrected chi connectivity index (χ2v) is 3.52. The number of nitrogens with zero attached hydrogens (tertiary/aromatic N) is 2. The minimum absolute atomic E-state index is 0.701. The average Bonchev–Trinajstić information content (AvgIpc) is 2.53. The first-order valence-electron chi connectivity index (χ1n) is 4.36. The molecule has 3 heteroatoms. The van der Waals surface area contributed by atoms with Gasteiger partial charge in [-0.2, -0.15) is 5.10 Å². The molecule has 2 nitrogen and oxygen atoms in total. The summed E-state index contributed by atoms with van der Waals surface area (Å²) in [5, 5.41) is 4.13. The zero-order valence-electron chi connectivity index (χ0n) is 7.41. The van der Waals surface area contributed by atoms with E-state index in [9.17, 15) is 0 Å². The Balaban J connectivity index is 2.17. The van der Waals surface area contributed by atoms with E-state index in [1.54, 1.807) is 0 Å². The molecule has 0 saturated heterocycles. The third kappa shape index (κ3) is 3.26. The second kappa shape index (κ2) is 5.20. The van der Waals surface area contributed by atoms with E-state index < -0.39 is 0 Å². The van der Waals surface area contributed by atoms with Gasteiger partial charge in [0.25, 0.3) is 0 Å². The van der Waals surface area contributed by atoms with Gasteiger partial charge in [0.2, 0.25) is 0 Å². The first-order valence-corrected chi connectivity index (χ1v) is 4.89. The van der Waals surface area contributed by atoms with Crippen molar-refractivity contribution >= 4 is 11.6 Å². The molecule has 0 aromatic carbocycles. The van der Waals surface area contributed by atoms with Crippen LogP contribution < -0.4 is 0 Å². The lowest BCUT2D eigenvalue weighted by Gasteiger charge is -2.08. The molecule has 0 aliphatic rings. The van der Waals surface area contributed by atoms with Gasteiger partial charge in [-0.05, 0) is 24.8 Å². The van der Waals surface area contributed by atoms with Crippen molar-refractivity contribution < 1.29 is 0 Å². The molecule has 0 radical (unpaired) electrons. The molecule has 0 aliphatic heterocycles. The van der Waals surface area contributed by atoms with Crippen LogP contribution in [0.2, 0.25) is 0 Å². The van der Waals surface area contributed by atoms with Gasteiger partial charge in [-0.3, -0.25) is 4.68 Å². The monoisotopic (exact) mass is 186 g/mol. The highest BCUT2D eigenvalue weighted by Gasteiger charge is 2.00. The summed E-state index contributed by atoms with van der Waals surface area (Å²) in [6.07, 6.45) is 6.07. The molecule has 0 bridgehead atoms. The summed E-state index contributed by atoms with van der Waals surface area (Å²) in [7, 11) is 0. The first kappa shape index (κ1) is 9.59. The molecule has 0 fully saturated rings. The SMILES string of the molecule is CC(CCCl)CCn1cccn1. The van der Waals surface area contributed by atoms with Crippen molar-refractivity contribution in [2.24, 2.45) is 5.92 Å². The molecular weight excluding hydrogens is 172 g/mol. The summed E-state index contributed by atoms with van der Waals surface area (Å²) >= 11 is 5.63. The summed E-state index contributed by atoms with van der Waals surface area (Å²) in [5.41, 5.74) is 0. The van der Waals surface area contributed by atoms with Crippen molar-refractivity contribution in [3.05, 3.63) is 18.5 Å². The molecule has 1 atom stereocenters. The second-order valence-electron chi connectivity index (χ2n) is 3.14. The van der Waals surface area contributed by atoms with E-state index in [4.69, 9.17) is 11.6 Å². The highest BCUT2D eigenvalue weighted by atomic mass is 35.5. The van der Waals surface area contributed by atoms with Crippen LogP contribution in [0.25, 0.3) is 0 Å². The van der Waals surface area contributed by atoms with Crippen LogP contribution in [0.3, 0.4) is 0 Å². The lowest BCUT2D eigenvalue weighted by molar-refractivity contribution is 0.450. The number of aromatic nitrogens is 2. The van der Waals surface area contributed by atoms with Crippen LogP contribution in [0.1, 0.15) is 19.8 Å². The van der Waals surface area contributed by atoms with E-state index in [1.807, 2.05) is 23.1 Å². The summed E-state index contributed by atoms with van der Waals surface area (Å²) < 4.78 is 1.96. The largest absolute Gasteiger partial charge is 0.273 e. The maximum Gasteiger partial charge on any atom is 0.0489 e. The molecule has 0 amide bonds. The zero-order chi connectivity index (χ0) is 8.81. The van der Waals surface area contributed by atoms with Crippen LogP contribution >= 0.6 is 11.6 Å². The minimum atomic E-state index is 0.701. The fourth-order valence-corrected chi connectivity index (χ4v) is 1.49. The summed E-state index contributed by atoms with van der Waals surface area (Å²) in [6, 6.07) is 1.95. The number of hydrogen-bond acceptors (Lipinski definition) is 1. The standard InChI is InChI=1S/C9H15ClN2/c1-9(3-5-10)4-8-12-7-2-6-11-12/h2,6-7,9H,3-5,8H2,1H3. The van der Waals surface area contributed by atoms with Crippen LogP contribution in [-0.4, -0.2) is 15.7 Å². The van der Waals surface area contributed by atoms with Gasteiger partial charge in [0.1, 0.15) is 0 Å². The Morgan fingerprint density at radius 2 is 2.33 bits per heavy atom. The van der Waals surface area contributed by atoms with E-state index in [-0.39, 0.29) is 0 Å². The Morgan fingerprint density at radius 3 is 2.92 bits per heavy atom. The highest BCUT2D eigenvalue weighted by Crippen LogP contribution is 2.09. The van der Waals surface area contributed by atoms with Gasteiger partial charge < -0.3 is 0 Å². The Bertz CT molecular complexity index is 196. The zero-order valence-corrected chi connectivity index (χ0v) is 8.17. The predicted octanol–water partition coefficient (Wildman–Crippen LogP) is 2.54. The van der Waals surface area contributed by atoms with Gasteiger partial charge in [0, 0.05) is 24.8 Å². The number of halogens is 1. The lowest BCUT2D eigenvalue weighted by Crippen LogP contribution is -2.04. The van der Waals surface area contributed by atoms with Gasteiger partial charge in [0.05, 0.1) is 0 Å². The normalized spacial score (nSPS) is 13.2. The Hall–Kier alpha value is -0.500. The molecule has 0 aliphatic carbocycles. The smallest absolute Gasteiger partial charge is 0.0489 e. The van der Waals surface area contributed by atoms with Crippen molar-refractivity contribution in [2.45, 2.75) is 26.3 Å². The van der Waals surface area contributed by atoms with Gasteiger partial charge in [-0.25, -0.2) is 0 Å². The fraction of sp³-hybridized carbons (Fsp3) is 0.667. The number of aryl methyl sites for hydroxylation is 1. The van der Waals surface area contributed by atoms with Gasteiger partial charge in [-0.15, -0.1) is 11.6 Å². The molecule has 1 aromatic heterocycles. The molecule has 1 rings (SSSR count). The molecule has 1 aromatic rings. The Kier molecular flexibility index (Phi) is 4.15. The van der Waals surface area contributed by atoms with Gasteiger partial charge >= 0.3 is 0 Å². The van der Waals surface area contributed by atoms with E-state index in [1.165, 1.54) is 0 Å². The maximum absolute atomic E-state index is 5.63. The van der Waals surface area contributed by atoms with Gasteiger partial charge in [0.15, 0.2) is 0 Å². The molecule has 0 saturated carbocycles. The first-order chi connectivity index (χ1) is 5.83. The molecule has 1 heterocycles. The summed E-state index contributed by atoms with van der Waals surface area (Å²) in [4.78, 5) is 0. The summed E-state index contributed by atoms with van der Waals surface area (Å²) in [6.45, 7) is 3.23. The van der Waals surface area contributed by atoms with E-state index in [2.05, 4.69) is 12.0 Å². The molecule has 0 N–H and O–H groups in total. The number of hydrogen-bond donors (Lipinski definition) is 0. The Morgan fingerprint density at radius 1 is 1.50 bits per heavy atom. The average molecular weight is 187 g/mol. The van der Waals surface area contributed by atoms with Crippen LogP contribution in [0.15, 0.2) is 18.5 Å². The van der Waals surface area contributed by atoms with Crippen LogP contribution in [0.5, 0.6) is 0 Å². The molecule has 1 unspecified atom stereocenters. The van der Waals surface area contributed by atoms with Crippen molar-refractivity contribution in [1.29, 1.82) is 0 Å². The van der Waals surface area contributed by atoms with Crippen molar-refractivity contribution in [3.63, 3.8) is 0 Å². The highest BCUT2D eigenvalue weighted by molar-refractivity contribution is 6.17. The molecular formula is C9H15ClN2. The van der Waals surface area contributed by atoms with Crippen molar-refractivity contribution in [2.75, 3.05) is 5.88 Å². The Labute approximate surface area is 78.5 Å². The predicted molar refractivity (Wildman–Crippen MR) is 51.3 cm³/mol. The topological polar surface area (TPSA) is 17.8 Å². The third-order valence-corrected chi connectivity index (χ3v) is 2.23. The molecule has 68 valence electrons. The van der Waals surface area contributed by atoms with Crippen LogP contribution in [0.4, 0.5) is 0 Å².